The lowest BCUT2D eigenvalue weighted by Gasteiger charge is -2.07. The van der Waals surface area contributed by atoms with E-state index in [1.807, 2.05) is 30.3 Å². The fourth-order valence-electron chi connectivity index (χ4n) is 2.33. The second kappa shape index (κ2) is 7.59. The van der Waals surface area contributed by atoms with Gasteiger partial charge in [0.05, 0.1) is 12.0 Å². The highest BCUT2D eigenvalue weighted by Gasteiger charge is 2.11. The first-order chi connectivity index (χ1) is 12.1. The third-order valence-electron chi connectivity index (χ3n) is 3.66. The number of phenolic OH excluding ortho intramolecular Hbond substituents is 1. The minimum absolute atomic E-state index is 0.0726. The lowest BCUT2D eigenvalue weighted by Crippen LogP contribution is -2.21. The Balaban J connectivity index is 1.67. The fourth-order valence-corrected chi connectivity index (χ4v) is 3.38. The number of hydrogen-bond acceptors (Lipinski definition) is 4. The zero-order chi connectivity index (χ0) is 17.8. The van der Waals surface area contributed by atoms with E-state index in [1.54, 1.807) is 24.3 Å². The highest BCUT2D eigenvalue weighted by Crippen LogP contribution is 2.29. The van der Waals surface area contributed by atoms with Gasteiger partial charge in [-0.25, -0.2) is 0 Å². The molecule has 0 aliphatic heterocycles. The van der Waals surface area contributed by atoms with Crippen LogP contribution in [-0.2, 0) is 6.54 Å². The van der Waals surface area contributed by atoms with Crippen molar-refractivity contribution in [2.45, 2.75) is 6.54 Å². The summed E-state index contributed by atoms with van der Waals surface area (Å²) in [5, 5.41) is 13.2. The highest BCUT2D eigenvalue weighted by atomic mass is 35.5. The standard InChI is InChI=1S/C19H16ClNO3S/c1-24-16-10-12(2-7-15(16)22)11-21-19(23)18-9-8-17(25-18)13-3-5-14(20)6-4-13/h2-10,22H,11H2,1H3,(H,21,23). The molecule has 0 aliphatic carbocycles. The summed E-state index contributed by atoms with van der Waals surface area (Å²) in [5.74, 6) is 0.314. The number of aromatic hydroxyl groups is 1. The van der Waals surface area contributed by atoms with Crippen LogP contribution in [0.15, 0.2) is 54.6 Å². The van der Waals surface area contributed by atoms with Crippen LogP contribution in [0.1, 0.15) is 15.2 Å². The number of carbonyl (C=O) groups excluding carboxylic acids is 1. The Morgan fingerprint density at radius 2 is 1.92 bits per heavy atom. The Labute approximate surface area is 154 Å². The second-order valence-corrected chi connectivity index (χ2v) is 6.88. The van der Waals surface area contributed by atoms with Crippen LogP contribution >= 0.6 is 22.9 Å². The van der Waals surface area contributed by atoms with Crippen LogP contribution in [0.4, 0.5) is 0 Å². The number of ether oxygens (including phenoxy) is 1. The van der Waals surface area contributed by atoms with E-state index >= 15 is 0 Å². The average Bonchev–Trinajstić information content (AvgIpc) is 3.11. The predicted octanol–water partition coefficient (Wildman–Crippen LogP) is 4.71. The zero-order valence-electron chi connectivity index (χ0n) is 13.5. The Bertz CT molecular complexity index is 890. The number of hydrogen-bond donors (Lipinski definition) is 2. The van der Waals surface area contributed by atoms with Gasteiger partial charge in [0.25, 0.3) is 5.91 Å². The second-order valence-electron chi connectivity index (χ2n) is 5.36. The first-order valence-electron chi connectivity index (χ1n) is 7.56. The smallest absolute Gasteiger partial charge is 0.261 e. The molecule has 25 heavy (non-hydrogen) atoms. The molecule has 0 fully saturated rings. The Morgan fingerprint density at radius 1 is 1.16 bits per heavy atom. The highest BCUT2D eigenvalue weighted by molar-refractivity contribution is 7.17. The van der Waals surface area contributed by atoms with E-state index in [0.29, 0.717) is 22.2 Å². The summed E-state index contributed by atoms with van der Waals surface area (Å²) >= 11 is 7.33. The topological polar surface area (TPSA) is 58.6 Å². The van der Waals surface area contributed by atoms with Gasteiger partial charge in [-0.2, -0.15) is 0 Å². The van der Waals surface area contributed by atoms with Crippen molar-refractivity contribution in [3.63, 3.8) is 0 Å². The van der Waals surface area contributed by atoms with Crippen molar-refractivity contribution >= 4 is 28.8 Å². The molecule has 3 rings (SSSR count). The molecule has 0 bridgehead atoms. The van der Waals surface area contributed by atoms with E-state index in [1.165, 1.54) is 18.4 Å². The maximum atomic E-state index is 12.3. The van der Waals surface area contributed by atoms with Crippen molar-refractivity contribution in [2.24, 2.45) is 0 Å². The van der Waals surface area contributed by atoms with Crippen molar-refractivity contribution in [1.29, 1.82) is 0 Å². The van der Waals surface area contributed by atoms with Gasteiger partial charge in [0.2, 0.25) is 0 Å². The summed E-state index contributed by atoms with van der Waals surface area (Å²) in [6.45, 7) is 0.351. The fraction of sp³-hybridized carbons (Fsp3) is 0.105. The lowest BCUT2D eigenvalue weighted by molar-refractivity contribution is 0.0955. The minimum Gasteiger partial charge on any atom is -0.504 e. The lowest BCUT2D eigenvalue weighted by atomic mass is 10.2. The Morgan fingerprint density at radius 3 is 2.64 bits per heavy atom. The summed E-state index contributed by atoms with van der Waals surface area (Å²) in [4.78, 5) is 14.0. The quantitative estimate of drug-likeness (QED) is 0.680. The van der Waals surface area contributed by atoms with E-state index in [-0.39, 0.29) is 11.7 Å². The molecule has 1 heterocycles. The molecule has 0 spiro atoms. The molecule has 3 aromatic rings. The Hall–Kier alpha value is -2.50. The zero-order valence-corrected chi connectivity index (χ0v) is 15.0. The minimum atomic E-state index is -0.141. The first kappa shape index (κ1) is 17.3. The molecule has 1 amide bonds. The molecule has 0 atom stereocenters. The molecule has 6 heteroatoms. The van der Waals surface area contributed by atoms with E-state index in [9.17, 15) is 9.90 Å². The van der Waals surface area contributed by atoms with Crippen LogP contribution in [0, 0.1) is 0 Å². The largest absolute Gasteiger partial charge is 0.504 e. The number of methoxy groups -OCH3 is 1. The van der Waals surface area contributed by atoms with E-state index in [2.05, 4.69) is 5.32 Å². The van der Waals surface area contributed by atoms with Gasteiger partial charge in [0.1, 0.15) is 0 Å². The summed E-state index contributed by atoms with van der Waals surface area (Å²) in [7, 11) is 1.49. The molecule has 0 unspecified atom stereocenters. The third kappa shape index (κ3) is 4.13. The van der Waals surface area contributed by atoms with Gasteiger partial charge in [-0.15, -0.1) is 11.3 Å². The molecule has 4 nitrogen and oxygen atoms in total. The first-order valence-corrected chi connectivity index (χ1v) is 8.76. The van der Waals surface area contributed by atoms with E-state index < -0.39 is 0 Å². The molecular formula is C19H16ClNO3S. The van der Waals surface area contributed by atoms with Gasteiger partial charge < -0.3 is 15.2 Å². The van der Waals surface area contributed by atoms with Gasteiger partial charge in [-0.1, -0.05) is 29.8 Å². The number of halogens is 1. The van der Waals surface area contributed by atoms with Crippen LogP contribution < -0.4 is 10.1 Å². The monoisotopic (exact) mass is 373 g/mol. The number of phenols is 1. The number of thiophene rings is 1. The van der Waals surface area contributed by atoms with Gasteiger partial charge >= 0.3 is 0 Å². The molecule has 0 saturated heterocycles. The maximum Gasteiger partial charge on any atom is 0.261 e. The van der Waals surface area contributed by atoms with Crippen LogP contribution in [0.25, 0.3) is 10.4 Å². The van der Waals surface area contributed by atoms with Crippen LogP contribution in [0.5, 0.6) is 11.5 Å². The molecule has 0 radical (unpaired) electrons. The van der Waals surface area contributed by atoms with E-state index in [0.717, 1.165) is 16.0 Å². The summed E-state index contributed by atoms with van der Waals surface area (Å²) in [6.07, 6.45) is 0. The normalized spacial score (nSPS) is 10.5. The molecule has 0 saturated carbocycles. The van der Waals surface area contributed by atoms with Crippen LogP contribution in [0.3, 0.4) is 0 Å². The van der Waals surface area contributed by atoms with Crippen LogP contribution in [-0.4, -0.2) is 18.1 Å². The van der Waals surface area contributed by atoms with Crippen molar-refractivity contribution in [3.05, 3.63) is 70.1 Å². The predicted molar refractivity (Wildman–Crippen MR) is 101 cm³/mol. The van der Waals surface area contributed by atoms with Crippen LogP contribution in [0.2, 0.25) is 5.02 Å². The molecule has 2 N–H and O–H groups in total. The van der Waals surface area contributed by atoms with Crippen molar-refractivity contribution in [3.8, 4) is 21.9 Å². The molecular weight excluding hydrogens is 358 g/mol. The number of benzene rings is 2. The average molecular weight is 374 g/mol. The number of rotatable bonds is 5. The molecule has 1 aromatic heterocycles. The van der Waals surface area contributed by atoms with Gasteiger partial charge in [-0.3, -0.25) is 4.79 Å². The molecule has 0 aliphatic rings. The van der Waals surface area contributed by atoms with Crippen molar-refractivity contribution < 1.29 is 14.6 Å². The molecule has 128 valence electrons. The van der Waals surface area contributed by atoms with Crippen molar-refractivity contribution in [2.75, 3.05) is 7.11 Å². The van der Waals surface area contributed by atoms with Gasteiger partial charge in [0.15, 0.2) is 11.5 Å². The number of amides is 1. The summed E-state index contributed by atoms with van der Waals surface area (Å²) < 4.78 is 5.07. The van der Waals surface area contributed by atoms with Crippen molar-refractivity contribution in [1.82, 2.24) is 5.32 Å². The molecule has 2 aromatic carbocycles. The van der Waals surface area contributed by atoms with Gasteiger partial charge in [-0.05, 0) is 47.5 Å². The summed E-state index contributed by atoms with van der Waals surface area (Å²) in [5.41, 5.74) is 1.87. The van der Waals surface area contributed by atoms with Gasteiger partial charge in [0, 0.05) is 16.4 Å². The number of carbonyl (C=O) groups is 1. The summed E-state index contributed by atoms with van der Waals surface area (Å²) in [6, 6.07) is 16.2. The maximum absolute atomic E-state index is 12.3. The van der Waals surface area contributed by atoms with E-state index in [4.69, 9.17) is 16.3 Å². The number of nitrogens with one attached hydrogen (secondary N) is 1. The Kier molecular flexibility index (Phi) is 5.26. The third-order valence-corrected chi connectivity index (χ3v) is 5.04. The SMILES string of the molecule is COc1cc(CNC(=O)c2ccc(-c3ccc(Cl)cc3)s2)ccc1O.